The van der Waals surface area contributed by atoms with E-state index in [9.17, 15) is 14.4 Å². The van der Waals surface area contributed by atoms with Gasteiger partial charge in [0.2, 0.25) is 0 Å². The molecule has 0 aliphatic carbocycles. The Morgan fingerprint density at radius 3 is 0.826 bits per heavy atom. The van der Waals surface area contributed by atoms with Gasteiger partial charge in [0.15, 0.2) is 0 Å². The Bertz CT molecular complexity index is 1350. The van der Waals surface area contributed by atoms with E-state index in [-0.39, 0.29) is 17.9 Å². The van der Waals surface area contributed by atoms with Gasteiger partial charge in [-0.1, -0.05) is 156 Å². The monoisotopic (exact) mass is 979 g/mol. The molecule has 6 fully saturated rings. The molecule has 0 aromatic rings. The van der Waals surface area contributed by atoms with Crippen LogP contribution in [0.25, 0.3) is 0 Å². The van der Waals surface area contributed by atoms with Gasteiger partial charge < -0.3 is 42.6 Å². The predicted molar refractivity (Wildman–Crippen MR) is 271 cm³/mol. The van der Waals surface area contributed by atoms with Crippen LogP contribution >= 0.6 is 0 Å². The van der Waals surface area contributed by atoms with E-state index < -0.39 is 0 Å². The number of carbonyl (C=O) groups excluding carboxylic acids is 3. The van der Waals surface area contributed by atoms with Gasteiger partial charge in [-0.05, 0) is 57.8 Å². The van der Waals surface area contributed by atoms with Crippen LogP contribution in [-0.4, -0.2) is 112 Å². The van der Waals surface area contributed by atoms with Crippen molar-refractivity contribution in [3.05, 3.63) is 0 Å². The molecule has 69 heavy (non-hydrogen) atoms. The van der Waals surface area contributed by atoms with Gasteiger partial charge in [0, 0.05) is 38.5 Å². The Hall–Kier alpha value is -1.83. The molecule has 6 rings (SSSR count). The van der Waals surface area contributed by atoms with Gasteiger partial charge >= 0.3 is 17.9 Å². The van der Waals surface area contributed by atoms with Crippen molar-refractivity contribution in [3.63, 3.8) is 0 Å². The molecule has 402 valence electrons. The largest absolute Gasteiger partial charge is 0.469 e. The zero-order chi connectivity index (χ0) is 49.5. The van der Waals surface area contributed by atoms with Crippen molar-refractivity contribution >= 4 is 17.9 Å². The molecule has 0 aromatic carbocycles. The topological polar surface area (TPSA) is 154 Å². The van der Waals surface area contributed by atoms with Crippen LogP contribution in [-0.2, 0) is 57.0 Å². The number of carbonyl (C=O) groups is 3. The molecule has 12 atom stereocenters. The number of esters is 3. The first kappa shape index (κ1) is 59.7. The summed E-state index contributed by atoms with van der Waals surface area (Å²) in [5, 5.41) is 0. The highest BCUT2D eigenvalue weighted by atomic mass is 16.6. The van der Waals surface area contributed by atoms with Crippen LogP contribution in [0.4, 0.5) is 0 Å². The minimum absolute atomic E-state index is 0.0797. The highest BCUT2D eigenvalue weighted by Gasteiger charge is 2.51. The highest BCUT2D eigenvalue weighted by Crippen LogP contribution is 2.42. The molecular formula is C57H102O12. The molecule has 6 aliphatic heterocycles. The number of ether oxygens (including phenoxy) is 9. The van der Waals surface area contributed by atoms with Crippen molar-refractivity contribution < 1.29 is 57.0 Å². The Morgan fingerprint density at radius 1 is 0.290 bits per heavy atom. The smallest absolute Gasteiger partial charge is 0.305 e. The van der Waals surface area contributed by atoms with Crippen molar-refractivity contribution in [1.29, 1.82) is 0 Å². The van der Waals surface area contributed by atoms with E-state index in [2.05, 4.69) is 35.0 Å². The number of epoxide rings is 6. The summed E-state index contributed by atoms with van der Waals surface area (Å²) in [5.74, 6) is -0.262. The number of hydrogen-bond acceptors (Lipinski definition) is 12. The second-order valence-electron chi connectivity index (χ2n) is 21.1. The van der Waals surface area contributed by atoms with Crippen LogP contribution in [0.2, 0.25) is 0 Å². The van der Waals surface area contributed by atoms with Crippen LogP contribution in [0.3, 0.4) is 0 Å². The molecule has 12 nitrogen and oxygen atoms in total. The SMILES string of the molecule is CCC1OC1CC1OC1CC1OC1CCCCCCCC(=O)OC.CCCCCC1OC1CC1OC1CCCCCCCC(=O)OC.CCCCCCCCC1OC1CCCCCCCC(=O)OC. The number of unbranched alkanes of at least 4 members (excludes halogenated alkanes) is 19. The van der Waals surface area contributed by atoms with Crippen molar-refractivity contribution in [3.8, 4) is 0 Å². The van der Waals surface area contributed by atoms with Crippen molar-refractivity contribution in [2.45, 2.75) is 325 Å². The number of rotatable bonds is 42. The quantitative estimate of drug-likeness (QED) is 0.0247. The normalized spacial score (nSPS) is 28.6. The Kier molecular flexibility index (Phi) is 31.3. The molecule has 0 amide bonds. The summed E-state index contributed by atoms with van der Waals surface area (Å²) < 4.78 is 48.3. The van der Waals surface area contributed by atoms with Gasteiger partial charge in [-0.25, -0.2) is 0 Å². The Labute approximate surface area is 420 Å². The molecule has 0 bridgehead atoms. The van der Waals surface area contributed by atoms with Crippen LogP contribution in [0.1, 0.15) is 252 Å². The van der Waals surface area contributed by atoms with Gasteiger partial charge in [0.1, 0.15) is 0 Å². The molecule has 0 saturated carbocycles. The average molecular weight is 979 g/mol. The fourth-order valence-corrected chi connectivity index (χ4v) is 10.1. The molecule has 6 saturated heterocycles. The standard InChI is InChI=1S/C19H32O5.C19H34O4.C19H36O3/c1-3-13-15(22-13)11-17-18(24-17)12-16-14(23-16)9-7-5-4-6-8-10-19(20)21-2;1-3-4-8-11-15-17(22-15)14-18-16(23-18)12-9-6-5-7-10-13-19(20)21-2;1-3-4-5-6-8-11-14-17-18(22-17)15-12-9-7-10-13-16-19(20)21-2/h13-18H,3-12H2,1-2H3;15-18H,3-14H2,1-2H3;17-18H,3-16H2,1-2H3. The van der Waals surface area contributed by atoms with E-state index in [1.54, 1.807) is 0 Å². The zero-order valence-electron chi connectivity index (χ0n) is 44.8. The number of hydrogen-bond donors (Lipinski definition) is 0. The van der Waals surface area contributed by atoms with Crippen molar-refractivity contribution in [2.24, 2.45) is 0 Å². The Balaban J connectivity index is 0.000000226. The summed E-state index contributed by atoms with van der Waals surface area (Å²) >= 11 is 0. The minimum atomic E-state index is -0.0942. The maximum Gasteiger partial charge on any atom is 0.305 e. The second kappa shape index (κ2) is 36.2. The lowest BCUT2D eigenvalue weighted by molar-refractivity contribution is -0.141. The first-order chi connectivity index (χ1) is 33.7. The van der Waals surface area contributed by atoms with Gasteiger partial charge in [-0.15, -0.1) is 0 Å². The van der Waals surface area contributed by atoms with E-state index >= 15 is 0 Å². The zero-order valence-corrected chi connectivity index (χ0v) is 44.8. The molecule has 12 unspecified atom stereocenters. The third-order valence-corrected chi connectivity index (χ3v) is 15.1. The predicted octanol–water partition coefficient (Wildman–Crippen LogP) is 13.2. The van der Waals surface area contributed by atoms with E-state index in [4.69, 9.17) is 28.4 Å². The summed E-state index contributed by atoms with van der Waals surface area (Å²) in [4.78, 5) is 32.9. The van der Waals surface area contributed by atoms with Crippen LogP contribution in [0, 0.1) is 0 Å². The summed E-state index contributed by atoms with van der Waals surface area (Å²) in [7, 11) is 4.36. The summed E-state index contributed by atoms with van der Waals surface area (Å²) in [6.07, 6.45) is 47.5. The van der Waals surface area contributed by atoms with Crippen LogP contribution in [0.15, 0.2) is 0 Å². The molecule has 12 heteroatoms. The highest BCUT2D eigenvalue weighted by molar-refractivity contribution is 5.69. The van der Waals surface area contributed by atoms with Gasteiger partial charge in [0.05, 0.1) is 94.6 Å². The van der Waals surface area contributed by atoms with Gasteiger partial charge in [0.25, 0.3) is 0 Å². The maximum absolute atomic E-state index is 11.0. The second-order valence-corrected chi connectivity index (χ2v) is 21.1. The van der Waals surface area contributed by atoms with Crippen molar-refractivity contribution in [1.82, 2.24) is 0 Å². The maximum atomic E-state index is 11.0. The van der Waals surface area contributed by atoms with Crippen LogP contribution < -0.4 is 0 Å². The van der Waals surface area contributed by atoms with Gasteiger partial charge in [-0.3, -0.25) is 14.4 Å². The molecular weight excluding hydrogens is 877 g/mol. The summed E-state index contributed by atoms with van der Waals surface area (Å²) in [6.45, 7) is 6.69. The molecule has 0 aromatic heterocycles. The van der Waals surface area contributed by atoms with Crippen molar-refractivity contribution in [2.75, 3.05) is 21.3 Å². The van der Waals surface area contributed by atoms with Crippen LogP contribution in [0.5, 0.6) is 0 Å². The lowest BCUT2D eigenvalue weighted by Gasteiger charge is -2.01. The van der Waals surface area contributed by atoms with E-state index in [0.717, 1.165) is 64.2 Å². The molecule has 6 heterocycles. The number of methoxy groups -OCH3 is 3. The first-order valence-corrected chi connectivity index (χ1v) is 28.9. The molecule has 0 N–H and O–H groups in total. The Morgan fingerprint density at radius 2 is 0.507 bits per heavy atom. The fraction of sp³-hybridized carbons (Fsp3) is 0.947. The third kappa shape index (κ3) is 28.9. The lowest BCUT2D eigenvalue weighted by atomic mass is 10.0. The average Bonchev–Trinajstić information content (AvgIpc) is 4.09. The van der Waals surface area contributed by atoms with E-state index in [1.807, 2.05) is 0 Å². The van der Waals surface area contributed by atoms with Gasteiger partial charge in [-0.2, -0.15) is 0 Å². The third-order valence-electron chi connectivity index (χ3n) is 15.1. The molecule has 0 spiro atoms. The van der Waals surface area contributed by atoms with E-state index in [0.29, 0.717) is 92.5 Å². The minimum Gasteiger partial charge on any atom is -0.469 e. The first-order valence-electron chi connectivity index (χ1n) is 28.9. The molecule has 6 aliphatic rings. The van der Waals surface area contributed by atoms with E-state index in [1.165, 1.54) is 169 Å². The fourth-order valence-electron chi connectivity index (χ4n) is 10.1. The lowest BCUT2D eigenvalue weighted by Crippen LogP contribution is -2.05. The summed E-state index contributed by atoms with van der Waals surface area (Å²) in [5.41, 5.74) is 0. The molecule has 0 radical (unpaired) electrons. The summed E-state index contributed by atoms with van der Waals surface area (Å²) in [6, 6.07) is 0.